The molecule has 0 saturated heterocycles. The lowest BCUT2D eigenvalue weighted by Crippen LogP contribution is -2.00. The van der Waals surface area contributed by atoms with E-state index in [0.29, 0.717) is 5.56 Å². The van der Waals surface area contributed by atoms with Crippen LogP contribution in [0.2, 0.25) is 0 Å². The van der Waals surface area contributed by atoms with Crippen LogP contribution in [0, 0.1) is 16.0 Å². The molecule has 1 aromatic carbocycles. The second-order valence-electron chi connectivity index (χ2n) is 3.52. The molecule has 0 bridgehead atoms. The first-order valence-electron chi connectivity index (χ1n) is 5.04. The van der Waals surface area contributed by atoms with Crippen molar-refractivity contribution >= 4 is 5.70 Å². The molecule has 80 valence electrons. The van der Waals surface area contributed by atoms with E-state index in [2.05, 4.69) is 0 Å². The molecule has 0 aliphatic heterocycles. The first-order chi connectivity index (χ1) is 7.77. The molecule has 0 amide bonds. The van der Waals surface area contributed by atoms with Crippen molar-refractivity contribution in [3.63, 3.8) is 0 Å². The SMILES string of the molecule is O=[N+]([O-])C(=CC1C=CC=C1)c1ccccc1. The maximum absolute atomic E-state index is 11.0. The Morgan fingerprint density at radius 2 is 1.81 bits per heavy atom. The number of rotatable bonds is 3. The van der Waals surface area contributed by atoms with Gasteiger partial charge >= 0.3 is 0 Å². The van der Waals surface area contributed by atoms with Gasteiger partial charge in [0, 0.05) is 12.0 Å². The summed E-state index contributed by atoms with van der Waals surface area (Å²) < 4.78 is 0. The molecule has 1 aliphatic rings. The zero-order valence-corrected chi connectivity index (χ0v) is 8.61. The number of nitro groups is 1. The first-order valence-corrected chi connectivity index (χ1v) is 5.04. The highest BCUT2D eigenvalue weighted by atomic mass is 16.6. The van der Waals surface area contributed by atoms with Crippen LogP contribution in [0.3, 0.4) is 0 Å². The van der Waals surface area contributed by atoms with Gasteiger partial charge in [0.1, 0.15) is 0 Å². The Kier molecular flexibility index (Phi) is 2.96. The second-order valence-corrected chi connectivity index (χ2v) is 3.52. The molecule has 0 atom stereocenters. The normalized spacial score (nSPS) is 15.6. The quantitative estimate of drug-likeness (QED) is 0.572. The predicted molar refractivity (Wildman–Crippen MR) is 63.2 cm³/mol. The van der Waals surface area contributed by atoms with Crippen molar-refractivity contribution in [1.29, 1.82) is 0 Å². The molecule has 0 N–H and O–H groups in total. The molecule has 1 aliphatic carbocycles. The molecule has 0 aromatic heterocycles. The van der Waals surface area contributed by atoms with Crippen LogP contribution in [0.4, 0.5) is 0 Å². The third kappa shape index (κ3) is 2.25. The number of nitrogens with zero attached hydrogens (tertiary/aromatic N) is 1. The van der Waals surface area contributed by atoms with Crippen LogP contribution in [-0.4, -0.2) is 4.92 Å². The van der Waals surface area contributed by atoms with Crippen molar-refractivity contribution in [2.45, 2.75) is 0 Å². The van der Waals surface area contributed by atoms with Gasteiger partial charge in [-0.05, 0) is 12.1 Å². The van der Waals surface area contributed by atoms with Gasteiger partial charge in [0.15, 0.2) is 0 Å². The summed E-state index contributed by atoms with van der Waals surface area (Å²) in [6.07, 6.45) is 9.29. The van der Waals surface area contributed by atoms with E-state index in [1.165, 1.54) is 0 Å². The summed E-state index contributed by atoms with van der Waals surface area (Å²) in [4.78, 5) is 10.6. The average molecular weight is 213 g/mol. The van der Waals surface area contributed by atoms with Gasteiger partial charge in [-0.15, -0.1) is 0 Å². The monoisotopic (exact) mass is 213 g/mol. The maximum atomic E-state index is 11.0. The van der Waals surface area contributed by atoms with Gasteiger partial charge in [-0.2, -0.15) is 0 Å². The van der Waals surface area contributed by atoms with Crippen molar-refractivity contribution < 1.29 is 4.92 Å². The predicted octanol–water partition coefficient (Wildman–Crippen LogP) is 3.05. The van der Waals surface area contributed by atoms with E-state index in [-0.39, 0.29) is 16.5 Å². The molecule has 16 heavy (non-hydrogen) atoms. The topological polar surface area (TPSA) is 43.1 Å². The van der Waals surface area contributed by atoms with Gasteiger partial charge in [0.25, 0.3) is 5.70 Å². The highest BCUT2D eigenvalue weighted by molar-refractivity contribution is 5.59. The number of benzene rings is 1. The van der Waals surface area contributed by atoms with Gasteiger partial charge in [0.05, 0.1) is 10.5 Å². The minimum Gasteiger partial charge on any atom is -0.258 e. The number of hydrogen-bond acceptors (Lipinski definition) is 2. The van der Waals surface area contributed by atoms with Crippen LogP contribution in [0.25, 0.3) is 5.70 Å². The summed E-state index contributed by atoms with van der Waals surface area (Å²) in [5.74, 6) is 0.0283. The van der Waals surface area contributed by atoms with E-state index < -0.39 is 0 Å². The smallest absolute Gasteiger partial charge is 0.258 e. The van der Waals surface area contributed by atoms with Crippen LogP contribution < -0.4 is 0 Å². The van der Waals surface area contributed by atoms with Crippen molar-refractivity contribution in [2.24, 2.45) is 5.92 Å². The van der Waals surface area contributed by atoms with Crippen molar-refractivity contribution in [3.05, 3.63) is 76.4 Å². The third-order valence-corrected chi connectivity index (χ3v) is 2.39. The fourth-order valence-electron chi connectivity index (χ4n) is 1.61. The first kappa shape index (κ1) is 10.4. The van der Waals surface area contributed by atoms with Gasteiger partial charge in [-0.1, -0.05) is 42.5 Å². The molecule has 3 heteroatoms. The van der Waals surface area contributed by atoms with Gasteiger partial charge in [-0.3, -0.25) is 10.1 Å². The van der Waals surface area contributed by atoms with E-state index in [9.17, 15) is 10.1 Å². The summed E-state index contributed by atoms with van der Waals surface area (Å²) >= 11 is 0. The highest BCUT2D eigenvalue weighted by Crippen LogP contribution is 2.20. The van der Waals surface area contributed by atoms with Crippen LogP contribution in [0.1, 0.15) is 5.56 Å². The highest BCUT2D eigenvalue weighted by Gasteiger charge is 2.15. The van der Waals surface area contributed by atoms with Gasteiger partial charge in [0.2, 0.25) is 0 Å². The van der Waals surface area contributed by atoms with Crippen LogP contribution in [-0.2, 0) is 0 Å². The Bertz CT molecular complexity index is 460. The van der Waals surface area contributed by atoms with E-state index in [4.69, 9.17) is 0 Å². The van der Waals surface area contributed by atoms with E-state index in [1.807, 2.05) is 30.4 Å². The van der Waals surface area contributed by atoms with Crippen molar-refractivity contribution in [1.82, 2.24) is 0 Å². The van der Waals surface area contributed by atoms with E-state index >= 15 is 0 Å². The van der Waals surface area contributed by atoms with Crippen molar-refractivity contribution in [3.8, 4) is 0 Å². The number of hydrogen-bond donors (Lipinski definition) is 0. The molecule has 0 saturated carbocycles. The van der Waals surface area contributed by atoms with Gasteiger partial charge in [-0.25, -0.2) is 0 Å². The van der Waals surface area contributed by atoms with Crippen molar-refractivity contribution in [2.75, 3.05) is 0 Å². The summed E-state index contributed by atoms with van der Waals surface area (Å²) in [7, 11) is 0. The molecule has 0 fully saturated rings. The largest absolute Gasteiger partial charge is 0.273 e. The Morgan fingerprint density at radius 1 is 1.19 bits per heavy atom. The minimum atomic E-state index is -0.338. The van der Waals surface area contributed by atoms with Crippen LogP contribution in [0.15, 0.2) is 60.7 Å². The Hall–Kier alpha value is -2.16. The summed E-state index contributed by atoms with van der Waals surface area (Å²) in [6.45, 7) is 0. The zero-order chi connectivity index (χ0) is 11.4. The molecule has 0 spiro atoms. The molecule has 0 heterocycles. The average Bonchev–Trinajstić information content (AvgIpc) is 2.79. The summed E-state index contributed by atoms with van der Waals surface area (Å²) in [5, 5.41) is 11.0. The maximum Gasteiger partial charge on any atom is 0.273 e. The fraction of sp³-hybridized carbons (Fsp3) is 0.0769. The minimum absolute atomic E-state index is 0.0283. The molecule has 3 nitrogen and oxygen atoms in total. The molecule has 0 radical (unpaired) electrons. The van der Waals surface area contributed by atoms with E-state index in [0.717, 1.165) is 0 Å². The van der Waals surface area contributed by atoms with Crippen LogP contribution >= 0.6 is 0 Å². The lowest BCUT2D eigenvalue weighted by atomic mass is 10.1. The molecule has 1 aromatic rings. The number of allylic oxidation sites excluding steroid dienone is 5. The molecule has 0 unspecified atom stereocenters. The zero-order valence-electron chi connectivity index (χ0n) is 8.61. The standard InChI is InChI=1S/C13H11NO2/c15-14(16)13(10-11-6-4-5-7-11)12-8-2-1-3-9-12/h1-11H. The fourth-order valence-corrected chi connectivity index (χ4v) is 1.61. The Labute approximate surface area is 93.6 Å². The summed E-state index contributed by atoms with van der Waals surface area (Å²) in [6, 6.07) is 8.93. The molecular weight excluding hydrogens is 202 g/mol. The lowest BCUT2D eigenvalue weighted by Gasteiger charge is -2.00. The van der Waals surface area contributed by atoms with Gasteiger partial charge < -0.3 is 0 Å². The van der Waals surface area contributed by atoms with Crippen LogP contribution in [0.5, 0.6) is 0 Å². The molecular formula is C13H11NO2. The molecule has 2 rings (SSSR count). The lowest BCUT2D eigenvalue weighted by molar-refractivity contribution is -0.375. The Morgan fingerprint density at radius 3 is 2.38 bits per heavy atom. The Balaban J connectivity index is 2.34. The van der Waals surface area contributed by atoms with E-state index in [1.54, 1.807) is 30.3 Å². The summed E-state index contributed by atoms with van der Waals surface area (Å²) in [5.41, 5.74) is 0.794. The second kappa shape index (κ2) is 4.57. The third-order valence-electron chi connectivity index (χ3n) is 2.39.